The van der Waals surface area contributed by atoms with Crippen LogP contribution in [-0.4, -0.2) is 19.1 Å². The van der Waals surface area contributed by atoms with Gasteiger partial charge in [-0.05, 0) is 18.4 Å². The van der Waals surface area contributed by atoms with Gasteiger partial charge in [-0.1, -0.05) is 30.3 Å². The summed E-state index contributed by atoms with van der Waals surface area (Å²) in [5.74, 6) is 0.0326. The number of hydrogen-bond donors (Lipinski definition) is 1. The van der Waals surface area contributed by atoms with Crippen molar-refractivity contribution in [2.75, 3.05) is 13.2 Å². The van der Waals surface area contributed by atoms with Crippen molar-refractivity contribution in [3.05, 3.63) is 35.9 Å². The first-order valence-corrected chi connectivity index (χ1v) is 5.65. The molecule has 0 aliphatic heterocycles. The molecule has 0 fully saturated rings. The highest BCUT2D eigenvalue weighted by Gasteiger charge is 1.93. The highest BCUT2D eigenvalue weighted by molar-refractivity contribution is 5.72. The summed E-state index contributed by atoms with van der Waals surface area (Å²) in [4.78, 5) is 10.6. The Morgan fingerprint density at radius 1 is 1.25 bits per heavy atom. The predicted octanol–water partition coefficient (Wildman–Crippen LogP) is 2.12. The summed E-state index contributed by atoms with van der Waals surface area (Å²) in [6.07, 6.45) is 1.95. The second kappa shape index (κ2) is 7.88. The Balaban J connectivity index is 1.94. The second-order valence-electron chi connectivity index (χ2n) is 3.73. The molecule has 3 heteroatoms. The Hall–Kier alpha value is -1.35. The maximum Gasteiger partial charge on any atom is 0.216 e. The summed E-state index contributed by atoms with van der Waals surface area (Å²) in [5.41, 5.74) is 1.20. The molecule has 1 amide bonds. The SMILES string of the molecule is CC(=O)NCCCCOCc1ccccc1. The van der Waals surface area contributed by atoms with Crippen LogP contribution in [0.3, 0.4) is 0 Å². The van der Waals surface area contributed by atoms with E-state index in [1.54, 1.807) is 0 Å². The molecular formula is C13H19NO2. The van der Waals surface area contributed by atoms with Crippen molar-refractivity contribution in [1.29, 1.82) is 0 Å². The molecule has 1 aromatic rings. The highest BCUT2D eigenvalue weighted by Crippen LogP contribution is 2.01. The molecule has 0 unspecified atom stereocenters. The Bertz CT molecular complexity index is 298. The molecule has 0 saturated carbocycles. The predicted molar refractivity (Wildman–Crippen MR) is 64.0 cm³/mol. The molecule has 0 radical (unpaired) electrons. The largest absolute Gasteiger partial charge is 0.377 e. The minimum absolute atomic E-state index is 0.0326. The normalized spacial score (nSPS) is 10.1. The summed E-state index contributed by atoms with van der Waals surface area (Å²) in [6, 6.07) is 10.1. The number of unbranched alkanes of at least 4 members (excludes halogenated alkanes) is 1. The van der Waals surface area contributed by atoms with E-state index in [4.69, 9.17) is 4.74 Å². The van der Waals surface area contributed by atoms with Gasteiger partial charge < -0.3 is 10.1 Å². The Morgan fingerprint density at radius 2 is 2.00 bits per heavy atom. The van der Waals surface area contributed by atoms with Crippen molar-refractivity contribution in [3.8, 4) is 0 Å². The molecule has 0 atom stereocenters. The van der Waals surface area contributed by atoms with Crippen LogP contribution in [0.2, 0.25) is 0 Å². The Morgan fingerprint density at radius 3 is 2.69 bits per heavy atom. The van der Waals surface area contributed by atoms with Crippen molar-refractivity contribution in [1.82, 2.24) is 5.32 Å². The van der Waals surface area contributed by atoms with E-state index >= 15 is 0 Å². The van der Waals surface area contributed by atoms with Crippen LogP contribution in [0.25, 0.3) is 0 Å². The molecule has 0 spiro atoms. The quantitative estimate of drug-likeness (QED) is 0.716. The molecule has 0 heterocycles. The first-order chi connectivity index (χ1) is 7.79. The summed E-state index contributed by atoms with van der Waals surface area (Å²) < 4.78 is 5.51. The molecule has 0 aromatic heterocycles. The minimum atomic E-state index is 0.0326. The molecule has 0 bridgehead atoms. The number of carbonyl (C=O) groups excluding carboxylic acids is 1. The zero-order valence-electron chi connectivity index (χ0n) is 9.74. The Labute approximate surface area is 96.8 Å². The van der Waals surface area contributed by atoms with E-state index in [9.17, 15) is 4.79 Å². The summed E-state index contributed by atoms with van der Waals surface area (Å²) >= 11 is 0. The number of carbonyl (C=O) groups is 1. The molecule has 3 nitrogen and oxygen atoms in total. The number of rotatable bonds is 7. The zero-order chi connectivity index (χ0) is 11.6. The van der Waals surface area contributed by atoms with Crippen LogP contribution in [-0.2, 0) is 16.1 Å². The van der Waals surface area contributed by atoms with Crippen LogP contribution in [0.4, 0.5) is 0 Å². The number of benzene rings is 1. The van der Waals surface area contributed by atoms with Crippen molar-refractivity contribution in [2.45, 2.75) is 26.4 Å². The number of amides is 1. The lowest BCUT2D eigenvalue weighted by atomic mass is 10.2. The third kappa shape index (κ3) is 6.19. The molecule has 0 saturated heterocycles. The van der Waals surface area contributed by atoms with Gasteiger partial charge in [0.05, 0.1) is 6.61 Å². The van der Waals surface area contributed by atoms with Gasteiger partial charge in [0.1, 0.15) is 0 Å². The van der Waals surface area contributed by atoms with E-state index < -0.39 is 0 Å². The monoisotopic (exact) mass is 221 g/mol. The van der Waals surface area contributed by atoms with E-state index in [2.05, 4.69) is 17.4 Å². The number of ether oxygens (including phenoxy) is 1. The molecule has 0 aliphatic rings. The van der Waals surface area contributed by atoms with Crippen molar-refractivity contribution in [3.63, 3.8) is 0 Å². The second-order valence-corrected chi connectivity index (χ2v) is 3.73. The van der Waals surface area contributed by atoms with Crippen LogP contribution in [0, 0.1) is 0 Å². The minimum Gasteiger partial charge on any atom is -0.377 e. The van der Waals surface area contributed by atoms with Gasteiger partial charge in [-0.2, -0.15) is 0 Å². The highest BCUT2D eigenvalue weighted by atomic mass is 16.5. The van der Waals surface area contributed by atoms with Gasteiger partial charge in [0.15, 0.2) is 0 Å². The maximum absolute atomic E-state index is 10.6. The van der Waals surface area contributed by atoms with Gasteiger partial charge in [-0.25, -0.2) is 0 Å². The zero-order valence-corrected chi connectivity index (χ0v) is 9.74. The fraction of sp³-hybridized carbons (Fsp3) is 0.462. The lowest BCUT2D eigenvalue weighted by Crippen LogP contribution is -2.21. The summed E-state index contributed by atoms with van der Waals surface area (Å²) in [7, 11) is 0. The van der Waals surface area contributed by atoms with Gasteiger partial charge in [0, 0.05) is 20.1 Å². The lowest BCUT2D eigenvalue weighted by Gasteiger charge is -2.04. The number of hydrogen-bond acceptors (Lipinski definition) is 2. The molecule has 1 rings (SSSR count). The van der Waals surface area contributed by atoms with Gasteiger partial charge in [-0.15, -0.1) is 0 Å². The summed E-state index contributed by atoms with van der Waals surface area (Å²) in [6.45, 7) is 3.69. The van der Waals surface area contributed by atoms with Crippen LogP contribution in [0.5, 0.6) is 0 Å². The fourth-order valence-electron chi connectivity index (χ4n) is 1.36. The van der Waals surface area contributed by atoms with Gasteiger partial charge in [0.2, 0.25) is 5.91 Å². The topological polar surface area (TPSA) is 38.3 Å². The smallest absolute Gasteiger partial charge is 0.216 e. The van der Waals surface area contributed by atoms with E-state index in [0.29, 0.717) is 6.61 Å². The molecular weight excluding hydrogens is 202 g/mol. The van der Waals surface area contributed by atoms with Crippen LogP contribution >= 0.6 is 0 Å². The first-order valence-electron chi connectivity index (χ1n) is 5.65. The molecule has 0 aliphatic carbocycles. The third-order valence-electron chi connectivity index (χ3n) is 2.20. The van der Waals surface area contributed by atoms with Crippen LogP contribution < -0.4 is 5.32 Å². The van der Waals surface area contributed by atoms with Gasteiger partial charge >= 0.3 is 0 Å². The van der Waals surface area contributed by atoms with Gasteiger partial charge in [0.25, 0.3) is 0 Å². The van der Waals surface area contributed by atoms with E-state index in [1.807, 2.05) is 18.2 Å². The van der Waals surface area contributed by atoms with Crippen LogP contribution in [0.15, 0.2) is 30.3 Å². The van der Waals surface area contributed by atoms with E-state index in [1.165, 1.54) is 12.5 Å². The maximum atomic E-state index is 10.6. The van der Waals surface area contributed by atoms with E-state index in [0.717, 1.165) is 26.0 Å². The van der Waals surface area contributed by atoms with Gasteiger partial charge in [-0.3, -0.25) is 4.79 Å². The average Bonchev–Trinajstić information content (AvgIpc) is 2.29. The average molecular weight is 221 g/mol. The standard InChI is InChI=1S/C13H19NO2/c1-12(15)14-9-5-6-10-16-11-13-7-3-2-4-8-13/h2-4,7-8H,5-6,9-11H2,1H3,(H,14,15). The molecule has 1 aromatic carbocycles. The first kappa shape index (κ1) is 12.7. The third-order valence-corrected chi connectivity index (χ3v) is 2.20. The Kier molecular flexibility index (Phi) is 6.26. The molecule has 1 N–H and O–H groups in total. The summed E-state index contributed by atoms with van der Waals surface area (Å²) in [5, 5.41) is 2.76. The fourth-order valence-corrected chi connectivity index (χ4v) is 1.36. The number of nitrogens with one attached hydrogen (secondary N) is 1. The molecule has 16 heavy (non-hydrogen) atoms. The van der Waals surface area contributed by atoms with Crippen molar-refractivity contribution >= 4 is 5.91 Å². The van der Waals surface area contributed by atoms with E-state index in [-0.39, 0.29) is 5.91 Å². The molecule has 88 valence electrons. The van der Waals surface area contributed by atoms with Crippen molar-refractivity contribution in [2.24, 2.45) is 0 Å². The van der Waals surface area contributed by atoms with Crippen molar-refractivity contribution < 1.29 is 9.53 Å². The lowest BCUT2D eigenvalue weighted by molar-refractivity contribution is -0.118. The van der Waals surface area contributed by atoms with Crippen LogP contribution in [0.1, 0.15) is 25.3 Å².